The van der Waals surface area contributed by atoms with E-state index in [0.29, 0.717) is 23.7 Å². The fourth-order valence-corrected chi connectivity index (χ4v) is 1.85. The molecule has 1 aromatic carbocycles. The van der Waals surface area contributed by atoms with Gasteiger partial charge in [-0.15, -0.1) is 0 Å². The third kappa shape index (κ3) is 4.92. The van der Waals surface area contributed by atoms with Gasteiger partial charge in [0.1, 0.15) is 17.2 Å². The first-order chi connectivity index (χ1) is 8.88. The molecule has 1 N–H and O–H groups in total. The Morgan fingerprint density at radius 1 is 1.47 bits per heavy atom. The normalized spacial score (nSPS) is 15.1. The molecule has 0 aliphatic carbocycles. The fraction of sp³-hybridized carbons (Fsp3) is 0.500. The van der Waals surface area contributed by atoms with E-state index in [1.54, 1.807) is 6.92 Å². The third-order valence-electron chi connectivity index (χ3n) is 3.07. The van der Waals surface area contributed by atoms with E-state index in [1.807, 2.05) is 0 Å². The van der Waals surface area contributed by atoms with Crippen molar-refractivity contribution in [3.63, 3.8) is 0 Å². The minimum absolute atomic E-state index is 0.369. The summed E-state index contributed by atoms with van der Waals surface area (Å²) < 4.78 is 18.3. The second-order valence-electron chi connectivity index (χ2n) is 5.09. The van der Waals surface area contributed by atoms with Crippen molar-refractivity contribution >= 4 is 0 Å². The van der Waals surface area contributed by atoms with Crippen molar-refractivity contribution in [2.75, 3.05) is 7.11 Å². The van der Waals surface area contributed by atoms with Crippen molar-refractivity contribution in [2.24, 2.45) is 5.92 Å². The van der Waals surface area contributed by atoms with Gasteiger partial charge in [-0.3, -0.25) is 0 Å². The maximum atomic E-state index is 13.2. The van der Waals surface area contributed by atoms with Crippen LogP contribution in [0.3, 0.4) is 0 Å². The van der Waals surface area contributed by atoms with E-state index in [2.05, 4.69) is 25.7 Å². The molecule has 0 heterocycles. The third-order valence-corrected chi connectivity index (χ3v) is 3.07. The van der Waals surface area contributed by atoms with Crippen LogP contribution in [0.2, 0.25) is 0 Å². The van der Waals surface area contributed by atoms with Crippen LogP contribution in [-0.4, -0.2) is 17.8 Å². The van der Waals surface area contributed by atoms with Crippen LogP contribution in [0.4, 0.5) is 4.39 Å². The molecule has 19 heavy (non-hydrogen) atoms. The van der Waals surface area contributed by atoms with E-state index >= 15 is 0 Å². The van der Waals surface area contributed by atoms with Gasteiger partial charge in [-0.2, -0.15) is 0 Å². The van der Waals surface area contributed by atoms with Crippen LogP contribution in [0.15, 0.2) is 18.2 Å². The summed E-state index contributed by atoms with van der Waals surface area (Å²) in [5.74, 6) is 6.14. The van der Waals surface area contributed by atoms with Gasteiger partial charge in [-0.05, 0) is 37.5 Å². The van der Waals surface area contributed by atoms with Crippen molar-refractivity contribution < 1.29 is 14.2 Å². The van der Waals surface area contributed by atoms with Gasteiger partial charge in [0.15, 0.2) is 0 Å². The SMILES string of the molecule is CCC(C)CC(C)(O)C#Cc1cc(F)ccc1OC. The number of rotatable bonds is 4. The Morgan fingerprint density at radius 2 is 2.16 bits per heavy atom. The standard InChI is InChI=1S/C16H21FO2/c1-5-12(2)11-16(3,18)9-8-13-10-14(17)6-7-15(13)19-4/h6-7,10,12,18H,5,11H2,1-4H3. The topological polar surface area (TPSA) is 29.5 Å². The van der Waals surface area contributed by atoms with Crippen molar-refractivity contribution in [1.29, 1.82) is 0 Å². The molecule has 1 rings (SSSR count). The van der Waals surface area contributed by atoms with Gasteiger partial charge >= 0.3 is 0 Å². The van der Waals surface area contributed by atoms with Gasteiger partial charge in [-0.1, -0.05) is 32.1 Å². The molecule has 0 aliphatic rings. The maximum Gasteiger partial charge on any atom is 0.134 e. The largest absolute Gasteiger partial charge is 0.495 e. The Kier molecular flexibility index (Phi) is 5.38. The highest BCUT2D eigenvalue weighted by Crippen LogP contribution is 2.21. The second kappa shape index (κ2) is 6.58. The predicted octanol–water partition coefficient (Wildman–Crippen LogP) is 3.37. The zero-order chi connectivity index (χ0) is 14.5. The van der Waals surface area contributed by atoms with Gasteiger partial charge in [-0.25, -0.2) is 4.39 Å². The monoisotopic (exact) mass is 264 g/mol. The van der Waals surface area contributed by atoms with Gasteiger partial charge in [0.25, 0.3) is 0 Å². The Balaban J connectivity index is 2.96. The first-order valence-electron chi connectivity index (χ1n) is 6.47. The van der Waals surface area contributed by atoms with Crippen LogP contribution in [0.5, 0.6) is 5.75 Å². The van der Waals surface area contributed by atoms with Crippen molar-refractivity contribution in [3.8, 4) is 17.6 Å². The molecule has 104 valence electrons. The zero-order valence-electron chi connectivity index (χ0n) is 12.0. The highest BCUT2D eigenvalue weighted by molar-refractivity contribution is 5.47. The summed E-state index contributed by atoms with van der Waals surface area (Å²) in [5.41, 5.74) is -0.626. The molecule has 0 amide bonds. The molecule has 0 saturated heterocycles. The summed E-state index contributed by atoms with van der Waals surface area (Å²) in [6.07, 6.45) is 1.58. The van der Waals surface area contributed by atoms with Crippen LogP contribution < -0.4 is 4.74 Å². The number of methoxy groups -OCH3 is 1. The first-order valence-corrected chi connectivity index (χ1v) is 6.47. The molecule has 0 saturated carbocycles. The molecule has 1 aromatic rings. The number of benzene rings is 1. The van der Waals surface area contributed by atoms with Crippen molar-refractivity contribution in [1.82, 2.24) is 0 Å². The van der Waals surface area contributed by atoms with Gasteiger partial charge in [0.2, 0.25) is 0 Å². The minimum Gasteiger partial charge on any atom is -0.495 e. The van der Waals surface area contributed by atoms with Gasteiger partial charge in [0, 0.05) is 0 Å². The van der Waals surface area contributed by atoms with Gasteiger partial charge < -0.3 is 9.84 Å². The lowest BCUT2D eigenvalue weighted by atomic mass is 9.92. The summed E-state index contributed by atoms with van der Waals surface area (Å²) in [7, 11) is 1.51. The quantitative estimate of drug-likeness (QED) is 0.845. The molecule has 0 radical (unpaired) electrons. The van der Waals surface area contributed by atoms with Gasteiger partial charge in [0.05, 0.1) is 12.7 Å². The molecule has 0 aliphatic heterocycles. The Bertz CT molecular complexity index is 483. The molecule has 0 fully saturated rings. The first kappa shape index (κ1) is 15.5. The zero-order valence-corrected chi connectivity index (χ0v) is 12.0. The molecule has 0 aromatic heterocycles. The lowest BCUT2D eigenvalue weighted by Crippen LogP contribution is -2.24. The summed E-state index contributed by atoms with van der Waals surface area (Å²) in [6.45, 7) is 5.82. The van der Waals surface area contributed by atoms with E-state index in [-0.39, 0.29) is 5.82 Å². The average molecular weight is 264 g/mol. The van der Waals surface area contributed by atoms with E-state index in [4.69, 9.17) is 4.74 Å². The number of ether oxygens (including phenoxy) is 1. The lowest BCUT2D eigenvalue weighted by molar-refractivity contribution is 0.0939. The van der Waals surface area contributed by atoms with Crippen LogP contribution >= 0.6 is 0 Å². The Morgan fingerprint density at radius 3 is 2.74 bits per heavy atom. The smallest absolute Gasteiger partial charge is 0.134 e. The van der Waals surface area contributed by atoms with Crippen LogP contribution in [0.25, 0.3) is 0 Å². The molecule has 3 heteroatoms. The average Bonchev–Trinajstić information content (AvgIpc) is 2.36. The number of hydrogen-bond acceptors (Lipinski definition) is 2. The molecular weight excluding hydrogens is 243 g/mol. The van der Waals surface area contributed by atoms with E-state index in [0.717, 1.165) is 6.42 Å². The van der Waals surface area contributed by atoms with Crippen LogP contribution in [0.1, 0.15) is 39.2 Å². The lowest BCUT2D eigenvalue weighted by Gasteiger charge is -2.20. The number of halogens is 1. The molecule has 2 atom stereocenters. The molecule has 2 nitrogen and oxygen atoms in total. The fourth-order valence-electron chi connectivity index (χ4n) is 1.85. The maximum absolute atomic E-state index is 13.2. The minimum atomic E-state index is -1.08. The summed E-state index contributed by atoms with van der Waals surface area (Å²) in [4.78, 5) is 0. The highest BCUT2D eigenvalue weighted by atomic mass is 19.1. The predicted molar refractivity (Wildman–Crippen MR) is 74.5 cm³/mol. The number of aliphatic hydroxyl groups is 1. The second-order valence-corrected chi connectivity index (χ2v) is 5.09. The van der Waals surface area contributed by atoms with E-state index in [9.17, 15) is 9.50 Å². The molecule has 0 spiro atoms. The van der Waals surface area contributed by atoms with Crippen LogP contribution in [0, 0.1) is 23.6 Å². The van der Waals surface area contributed by atoms with E-state index in [1.165, 1.54) is 25.3 Å². The van der Waals surface area contributed by atoms with Crippen molar-refractivity contribution in [2.45, 2.75) is 39.2 Å². The highest BCUT2D eigenvalue weighted by Gasteiger charge is 2.19. The number of hydrogen-bond donors (Lipinski definition) is 1. The van der Waals surface area contributed by atoms with E-state index < -0.39 is 5.60 Å². The van der Waals surface area contributed by atoms with Crippen molar-refractivity contribution in [3.05, 3.63) is 29.6 Å². The summed E-state index contributed by atoms with van der Waals surface area (Å²) in [5, 5.41) is 10.2. The molecule has 0 bridgehead atoms. The molecular formula is C16H21FO2. The van der Waals surface area contributed by atoms with Crippen LogP contribution in [-0.2, 0) is 0 Å². The molecule has 2 unspecified atom stereocenters. The Hall–Kier alpha value is -1.53. The Labute approximate surface area is 114 Å². The summed E-state index contributed by atoms with van der Waals surface area (Å²) in [6, 6.07) is 4.16. The summed E-state index contributed by atoms with van der Waals surface area (Å²) >= 11 is 0.